The number of aromatic nitrogens is 1. The average Bonchev–Trinajstić information content (AvgIpc) is 2.77. The van der Waals surface area contributed by atoms with Crippen LogP contribution in [0, 0.1) is 10.1 Å². The number of alkyl halides is 1. The number of hydrogen-bond acceptors (Lipinski definition) is 7. The molecule has 0 spiro atoms. The van der Waals surface area contributed by atoms with Crippen molar-refractivity contribution in [3.05, 3.63) is 46.5 Å². The van der Waals surface area contributed by atoms with Gasteiger partial charge in [-0.15, -0.1) is 0 Å². The second kappa shape index (κ2) is 9.05. The molecule has 4 rings (SSSR count). The normalized spacial score (nSPS) is 22.4. The van der Waals surface area contributed by atoms with Gasteiger partial charge in [-0.05, 0) is 62.9 Å². The first-order valence-electron chi connectivity index (χ1n) is 10.9. The van der Waals surface area contributed by atoms with Gasteiger partial charge in [0, 0.05) is 43.1 Å². The summed E-state index contributed by atoms with van der Waals surface area (Å²) in [6.07, 6.45) is 2.35. The Labute approximate surface area is 181 Å². The molecule has 2 aliphatic heterocycles. The molecule has 3 heterocycles. The van der Waals surface area contributed by atoms with E-state index in [4.69, 9.17) is 5.73 Å². The predicted molar refractivity (Wildman–Crippen MR) is 121 cm³/mol. The van der Waals surface area contributed by atoms with E-state index in [1.165, 1.54) is 6.07 Å². The van der Waals surface area contributed by atoms with Gasteiger partial charge in [0.05, 0.1) is 11.0 Å². The average molecular weight is 429 g/mol. The molecule has 9 heteroatoms. The van der Waals surface area contributed by atoms with Gasteiger partial charge in [0.25, 0.3) is 0 Å². The second-order valence-electron chi connectivity index (χ2n) is 8.38. The van der Waals surface area contributed by atoms with E-state index in [2.05, 4.69) is 20.1 Å². The molecular formula is C22H29FN6O2. The quantitative estimate of drug-likeness (QED) is 0.549. The molecule has 0 radical (unpaired) electrons. The minimum atomic E-state index is -0.828. The second-order valence-corrected chi connectivity index (χ2v) is 8.38. The van der Waals surface area contributed by atoms with E-state index in [0.717, 1.165) is 44.6 Å². The van der Waals surface area contributed by atoms with Crippen molar-refractivity contribution in [3.63, 3.8) is 0 Å². The molecule has 166 valence electrons. The number of nitro groups is 1. The number of hydrogen-bond donors (Lipinski definition) is 2. The van der Waals surface area contributed by atoms with Crippen molar-refractivity contribution in [2.24, 2.45) is 5.73 Å². The molecule has 31 heavy (non-hydrogen) atoms. The molecule has 1 aromatic heterocycles. The standard InChI is InChI=1S/C22H29FN6O2/c1-15-19(23)3-2-12-28(15)18-6-4-17(5-7-18)25-22-20(29(30)31)8-9-21(26-22)27-13-10-16(24)11-14-27/h4-9,15-16,19H,2-3,10-14,24H2,1H3,(H,25,26). The van der Waals surface area contributed by atoms with Crippen molar-refractivity contribution in [1.82, 2.24) is 4.98 Å². The zero-order valence-electron chi connectivity index (χ0n) is 17.7. The van der Waals surface area contributed by atoms with Gasteiger partial charge in [0.1, 0.15) is 12.0 Å². The maximum absolute atomic E-state index is 14.1. The van der Waals surface area contributed by atoms with Gasteiger partial charge < -0.3 is 20.9 Å². The van der Waals surface area contributed by atoms with Crippen LogP contribution in [0.5, 0.6) is 0 Å². The lowest BCUT2D eigenvalue weighted by molar-refractivity contribution is -0.384. The minimum Gasteiger partial charge on any atom is -0.366 e. The summed E-state index contributed by atoms with van der Waals surface area (Å²) in [7, 11) is 0. The number of nitrogens with zero attached hydrogens (tertiary/aromatic N) is 4. The van der Waals surface area contributed by atoms with Gasteiger partial charge >= 0.3 is 5.69 Å². The van der Waals surface area contributed by atoms with E-state index in [1.807, 2.05) is 31.2 Å². The first kappa shape index (κ1) is 21.3. The Morgan fingerprint density at radius 3 is 2.52 bits per heavy atom. The van der Waals surface area contributed by atoms with Crippen molar-refractivity contribution in [2.45, 2.75) is 50.9 Å². The summed E-state index contributed by atoms with van der Waals surface area (Å²) >= 11 is 0. The fraction of sp³-hybridized carbons (Fsp3) is 0.500. The highest BCUT2D eigenvalue weighted by atomic mass is 19.1. The van der Waals surface area contributed by atoms with Crippen molar-refractivity contribution in [1.29, 1.82) is 0 Å². The third-order valence-corrected chi connectivity index (χ3v) is 6.28. The van der Waals surface area contributed by atoms with Gasteiger partial charge in [0.15, 0.2) is 0 Å². The summed E-state index contributed by atoms with van der Waals surface area (Å²) in [5.74, 6) is 0.910. The largest absolute Gasteiger partial charge is 0.366 e. The molecule has 2 aliphatic rings. The van der Waals surface area contributed by atoms with Gasteiger partial charge in [0.2, 0.25) is 5.82 Å². The van der Waals surface area contributed by atoms with Crippen LogP contribution >= 0.6 is 0 Å². The van der Waals surface area contributed by atoms with E-state index < -0.39 is 11.1 Å². The van der Waals surface area contributed by atoms with Crippen molar-refractivity contribution >= 4 is 28.7 Å². The van der Waals surface area contributed by atoms with Gasteiger partial charge in [-0.25, -0.2) is 9.37 Å². The van der Waals surface area contributed by atoms with Crippen LogP contribution in [0.15, 0.2) is 36.4 Å². The van der Waals surface area contributed by atoms with Crippen LogP contribution in [0.3, 0.4) is 0 Å². The van der Waals surface area contributed by atoms with Crippen LogP contribution in [0.4, 0.5) is 33.1 Å². The monoisotopic (exact) mass is 428 g/mol. The molecule has 2 atom stereocenters. The lowest BCUT2D eigenvalue weighted by Crippen LogP contribution is -2.44. The smallest absolute Gasteiger partial charge is 0.311 e. The number of anilines is 4. The molecule has 3 N–H and O–H groups in total. The van der Waals surface area contributed by atoms with E-state index in [0.29, 0.717) is 17.9 Å². The molecule has 2 aromatic rings. The number of pyridine rings is 1. The van der Waals surface area contributed by atoms with Crippen molar-refractivity contribution in [3.8, 4) is 0 Å². The molecule has 0 bridgehead atoms. The Morgan fingerprint density at radius 2 is 1.84 bits per heavy atom. The zero-order chi connectivity index (χ0) is 22.0. The first-order chi connectivity index (χ1) is 14.9. The molecule has 0 aliphatic carbocycles. The Hall–Kier alpha value is -2.94. The number of piperidine rings is 2. The van der Waals surface area contributed by atoms with Crippen LogP contribution in [-0.2, 0) is 0 Å². The van der Waals surface area contributed by atoms with E-state index in [9.17, 15) is 14.5 Å². The summed E-state index contributed by atoms with van der Waals surface area (Å²) in [6.45, 7) is 4.29. The number of benzene rings is 1. The highest BCUT2D eigenvalue weighted by molar-refractivity contribution is 5.69. The summed E-state index contributed by atoms with van der Waals surface area (Å²) in [5, 5.41) is 14.6. The Kier molecular flexibility index (Phi) is 6.22. The van der Waals surface area contributed by atoms with E-state index in [-0.39, 0.29) is 23.6 Å². The molecule has 8 nitrogen and oxygen atoms in total. The molecule has 2 fully saturated rings. The van der Waals surface area contributed by atoms with Crippen LogP contribution in [0.2, 0.25) is 0 Å². The summed E-state index contributed by atoms with van der Waals surface area (Å²) < 4.78 is 14.1. The number of nitrogens with one attached hydrogen (secondary N) is 1. The van der Waals surface area contributed by atoms with Gasteiger partial charge in [-0.2, -0.15) is 0 Å². The van der Waals surface area contributed by atoms with Crippen LogP contribution in [0.25, 0.3) is 0 Å². The number of halogens is 1. The zero-order valence-corrected chi connectivity index (χ0v) is 17.7. The fourth-order valence-electron chi connectivity index (χ4n) is 4.32. The molecule has 2 unspecified atom stereocenters. The van der Waals surface area contributed by atoms with Crippen molar-refractivity contribution < 1.29 is 9.31 Å². The Morgan fingerprint density at radius 1 is 1.13 bits per heavy atom. The maximum Gasteiger partial charge on any atom is 0.311 e. The molecule has 2 saturated heterocycles. The van der Waals surface area contributed by atoms with Crippen LogP contribution in [-0.4, -0.2) is 47.8 Å². The summed E-state index contributed by atoms with van der Waals surface area (Å²) in [5.41, 5.74) is 7.54. The number of nitrogens with two attached hydrogens (primary N) is 1. The molecule has 0 saturated carbocycles. The first-order valence-corrected chi connectivity index (χ1v) is 10.9. The van der Waals surface area contributed by atoms with Crippen LogP contribution in [0.1, 0.15) is 32.6 Å². The van der Waals surface area contributed by atoms with Gasteiger partial charge in [-0.1, -0.05) is 0 Å². The lowest BCUT2D eigenvalue weighted by Gasteiger charge is -2.37. The highest BCUT2D eigenvalue weighted by Crippen LogP contribution is 2.31. The molecular weight excluding hydrogens is 399 g/mol. The minimum absolute atomic E-state index is 0.0774. The van der Waals surface area contributed by atoms with E-state index >= 15 is 0 Å². The summed E-state index contributed by atoms with van der Waals surface area (Å²) in [6, 6.07) is 10.7. The lowest BCUT2D eigenvalue weighted by atomic mass is 10.0. The van der Waals surface area contributed by atoms with E-state index in [1.54, 1.807) is 6.07 Å². The van der Waals surface area contributed by atoms with Crippen LogP contribution < -0.4 is 20.9 Å². The predicted octanol–water partition coefficient (Wildman–Crippen LogP) is 3.99. The third-order valence-electron chi connectivity index (χ3n) is 6.28. The van der Waals surface area contributed by atoms with Gasteiger partial charge in [-0.3, -0.25) is 10.1 Å². The SMILES string of the molecule is CC1C(F)CCCN1c1ccc(Nc2nc(N3CCC(N)CC3)ccc2[N+](=O)[O-])cc1. The number of rotatable bonds is 5. The Bertz CT molecular complexity index is 917. The highest BCUT2D eigenvalue weighted by Gasteiger charge is 2.28. The summed E-state index contributed by atoms with van der Waals surface area (Å²) in [4.78, 5) is 19.8. The topological polar surface area (TPSA) is 101 Å². The molecule has 1 aromatic carbocycles. The van der Waals surface area contributed by atoms with Crippen molar-refractivity contribution in [2.75, 3.05) is 34.8 Å². The third kappa shape index (κ3) is 4.71. The fourth-order valence-corrected chi connectivity index (χ4v) is 4.32. The maximum atomic E-state index is 14.1. The molecule has 0 amide bonds. The Balaban J connectivity index is 1.53.